The molecule has 1 N–H and O–H groups in total. The lowest BCUT2D eigenvalue weighted by Crippen LogP contribution is -2.37. The maximum atomic E-state index is 11.8. The first-order valence-corrected chi connectivity index (χ1v) is 6.08. The minimum absolute atomic E-state index is 0.104. The van der Waals surface area contributed by atoms with Crippen LogP contribution in [-0.4, -0.2) is 35.4 Å². The van der Waals surface area contributed by atoms with Crippen molar-refractivity contribution < 1.29 is 4.79 Å². The molecule has 0 bridgehead atoms. The van der Waals surface area contributed by atoms with Crippen LogP contribution >= 0.6 is 0 Å². The number of hydrogen-bond acceptors (Lipinski definition) is 3. The summed E-state index contributed by atoms with van der Waals surface area (Å²) in [4.78, 5) is 17.9. The van der Waals surface area contributed by atoms with Crippen molar-refractivity contribution >= 4 is 5.91 Å². The third kappa shape index (κ3) is 3.27. The highest BCUT2D eigenvalue weighted by Crippen LogP contribution is 2.25. The fraction of sp³-hybridized carbons (Fsp3) is 0.538. The van der Waals surface area contributed by atoms with Crippen LogP contribution in [0.15, 0.2) is 24.4 Å². The maximum Gasteiger partial charge on any atom is 0.236 e. The molecule has 17 heavy (non-hydrogen) atoms. The van der Waals surface area contributed by atoms with Gasteiger partial charge >= 0.3 is 0 Å². The van der Waals surface area contributed by atoms with Crippen LogP contribution < -0.4 is 5.32 Å². The number of carbonyl (C=O) groups is 1. The molecule has 1 saturated carbocycles. The molecule has 0 radical (unpaired) electrons. The Labute approximate surface area is 102 Å². The molecule has 0 aromatic carbocycles. The first kappa shape index (κ1) is 12.0. The summed E-state index contributed by atoms with van der Waals surface area (Å²) < 4.78 is 0. The SMILES string of the molecule is C[C@@H](NCC(=O)N(C)C1CC1)c1ccccn1. The Hall–Kier alpha value is -1.42. The molecule has 1 aliphatic rings. The smallest absolute Gasteiger partial charge is 0.236 e. The lowest BCUT2D eigenvalue weighted by atomic mass is 10.2. The van der Waals surface area contributed by atoms with Gasteiger partial charge in [-0.25, -0.2) is 0 Å². The zero-order valence-electron chi connectivity index (χ0n) is 10.4. The molecule has 1 aliphatic carbocycles. The first-order valence-electron chi connectivity index (χ1n) is 6.08. The average molecular weight is 233 g/mol. The lowest BCUT2D eigenvalue weighted by molar-refractivity contribution is -0.129. The van der Waals surface area contributed by atoms with Gasteiger partial charge in [-0.05, 0) is 31.9 Å². The number of carbonyl (C=O) groups excluding carboxylic acids is 1. The van der Waals surface area contributed by atoms with E-state index in [9.17, 15) is 4.79 Å². The van der Waals surface area contributed by atoms with Gasteiger partial charge in [0.2, 0.25) is 5.91 Å². The zero-order chi connectivity index (χ0) is 12.3. The summed E-state index contributed by atoms with van der Waals surface area (Å²) in [6.07, 6.45) is 4.07. The highest BCUT2D eigenvalue weighted by Gasteiger charge is 2.29. The quantitative estimate of drug-likeness (QED) is 0.835. The van der Waals surface area contributed by atoms with Crippen LogP contribution in [0.4, 0.5) is 0 Å². The second kappa shape index (κ2) is 5.27. The van der Waals surface area contributed by atoms with Crippen molar-refractivity contribution in [1.82, 2.24) is 15.2 Å². The third-order valence-corrected chi connectivity index (χ3v) is 3.18. The van der Waals surface area contributed by atoms with E-state index in [1.165, 1.54) is 0 Å². The molecule has 1 aromatic rings. The Balaban J connectivity index is 1.79. The van der Waals surface area contributed by atoms with Crippen LogP contribution in [0.2, 0.25) is 0 Å². The number of aromatic nitrogens is 1. The predicted molar refractivity (Wildman–Crippen MR) is 66.4 cm³/mol. The summed E-state index contributed by atoms with van der Waals surface area (Å²) >= 11 is 0. The van der Waals surface area contributed by atoms with E-state index in [1.807, 2.05) is 37.1 Å². The number of rotatable bonds is 5. The van der Waals surface area contributed by atoms with Gasteiger partial charge in [0, 0.05) is 25.3 Å². The molecule has 2 rings (SSSR count). The van der Waals surface area contributed by atoms with Crippen LogP contribution in [0, 0.1) is 0 Å². The predicted octanol–water partition coefficient (Wildman–Crippen LogP) is 1.35. The average Bonchev–Trinajstić information content (AvgIpc) is 3.20. The number of hydrogen-bond donors (Lipinski definition) is 1. The summed E-state index contributed by atoms with van der Waals surface area (Å²) in [5.41, 5.74) is 0.967. The van der Waals surface area contributed by atoms with E-state index >= 15 is 0 Å². The highest BCUT2D eigenvalue weighted by molar-refractivity contribution is 5.78. The number of nitrogens with one attached hydrogen (secondary N) is 1. The van der Waals surface area contributed by atoms with Crippen molar-refractivity contribution in [3.05, 3.63) is 30.1 Å². The molecular formula is C13H19N3O. The Bertz CT molecular complexity index is 376. The van der Waals surface area contributed by atoms with Crippen LogP contribution in [0.5, 0.6) is 0 Å². The van der Waals surface area contributed by atoms with Crippen LogP contribution in [0.25, 0.3) is 0 Å². The monoisotopic (exact) mass is 233 g/mol. The number of pyridine rings is 1. The van der Waals surface area contributed by atoms with E-state index in [-0.39, 0.29) is 11.9 Å². The van der Waals surface area contributed by atoms with Gasteiger partial charge in [0.05, 0.1) is 12.2 Å². The lowest BCUT2D eigenvalue weighted by Gasteiger charge is -2.18. The fourth-order valence-electron chi connectivity index (χ4n) is 1.77. The highest BCUT2D eigenvalue weighted by atomic mass is 16.2. The van der Waals surface area contributed by atoms with Crippen molar-refractivity contribution in [3.8, 4) is 0 Å². The van der Waals surface area contributed by atoms with Gasteiger partial charge in [0.1, 0.15) is 0 Å². The Morgan fingerprint density at radius 2 is 2.35 bits per heavy atom. The Morgan fingerprint density at radius 1 is 1.59 bits per heavy atom. The molecule has 1 heterocycles. The standard InChI is InChI=1S/C13H19N3O/c1-10(12-5-3-4-8-14-12)15-9-13(17)16(2)11-6-7-11/h3-5,8,10-11,15H,6-7,9H2,1-2H3/t10-/m1/s1. The number of nitrogens with zero attached hydrogens (tertiary/aromatic N) is 2. The molecule has 1 aromatic heterocycles. The molecule has 0 aliphatic heterocycles. The van der Waals surface area contributed by atoms with Gasteiger partial charge in [-0.2, -0.15) is 0 Å². The Morgan fingerprint density at radius 3 is 2.94 bits per heavy atom. The summed E-state index contributed by atoms with van der Waals surface area (Å²) in [5.74, 6) is 0.162. The van der Waals surface area contributed by atoms with Gasteiger partial charge < -0.3 is 10.2 Å². The third-order valence-electron chi connectivity index (χ3n) is 3.18. The van der Waals surface area contributed by atoms with Crippen molar-refractivity contribution in [2.24, 2.45) is 0 Å². The van der Waals surface area contributed by atoms with Crippen LogP contribution in [0.3, 0.4) is 0 Å². The molecule has 4 nitrogen and oxygen atoms in total. The largest absolute Gasteiger partial charge is 0.342 e. The molecule has 0 spiro atoms. The van der Waals surface area contributed by atoms with Gasteiger partial charge in [-0.15, -0.1) is 0 Å². The van der Waals surface area contributed by atoms with Crippen molar-refractivity contribution in [3.63, 3.8) is 0 Å². The van der Waals surface area contributed by atoms with E-state index in [0.29, 0.717) is 12.6 Å². The van der Waals surface area contributed by atoms with Crippen LogP contribution in [0.1, 0.15) is 31.5 Å². The van der Waals surface area contributed by atoms with E-state index in [0.717, 1.165) is 18.5 Å². The van der Waals surface area contributed by atoms with E-state index in [2.05, 4.69) is 10.3 Å². The van der Waals surface area contributed by atoms with Gasteiger partial charge in [0.25, 0.3) is 0 Å². The summed E-state index contributed by atoms with van der Waals surface area (Å²) in [6, 6.07) is 6.40. The second-order valence-corrected chi connectivity index (χ2v) is 4.59. The van der Waals surface area contributed by atoms with Crippen molar-refractivity contribution in [2.45, 2.75) is 31.8 Å². The van der Waals surface area contributed by atoms with Crippen molar-refractivity contribution in [2.75, 3.05) is 13.6 Å². The minimum Gasteiger partial charge on any atom is -0.342 e. The molecule has 1 atom stereocenters. The molecule has 0 unspecified atom stereocenters. The normalized spacial score (nSPS) is 16.6. The van der Waals surface area contributed by atoms with Gasteiger partial charge in [-0.3, -0.25) is 9.78 Å². The Kier molecular flexibility index (Phi) is 3.74. The maximum absolute atomic E-state index is 11.8. The second-order valence-electron chi connectivity index (χ2n) is 4.59. The molecule has 1 amide bonds. The molecule has 0 saturated heterocycles. The van der Waals surface area contributed by atoms with Crippen molar-refractivity contribution in [1.29, 1.82) is 0 Å². The van der Waals surface area contributed by atoms with Crippen LogP contribution in [-0.2, 0) is 4.79 Å². The number of likely N-dealkylation sites (N-methyl/N-ethyl adjacent to an activating group) is 1. The van der Waals surface area contributed by atoms with E-state index < -0.39 is 0 Å². The fourth-order valence-corrected chi connectivity index (χ4v) is 1.77. The summed E-state index contributed by atoms with van der Waals surface area (Å²) in [6.45, 7) is 2.40. The molecule has 92 valence electrons. The first-order chi connectivity index (χ1) is 8.18. The molecular weight excluding hydrogens is 214 g/mol. The minimum atomic E-state index is 0.104. The number of amides is 1. The van der Waals surface area contributed by atoms with E-state index in [1.54, 1.807) is 6.20 Å². The van der Waals surface area contributed by atoms with Gasteiger partial charge in [-0.1, -0.05) is 6.07 Å². The molecule has 4 heteroatoms. The summed E-state index contributed by atoms with van der Waals surface area (Å²) in [5, 5.41) is 3.21. The van der Waals surface area contributed by atoms with E-state index in [4.69, 9.17) is 0 Å². The molecule has 1 fully saturated rings. The topological polar surface area (TPSA) is 45.2 Å². The summed E-state index contributed by atoms with van der Waals surface area (Å²) in [7, 11) is 1.88. The zero-order valence-corrected chi connectivity index (χ0v) is 10.4. The van der Waals surface area contributed by atoms with Gasteiger partial charge in [0.15, 0.2) is 0 Å².